The van der Waals surface area contributed by atoms with Gasteiger partial charge in [-0.05, 0) is 44.0 Å². The molecular weight excluding hydrogens is 309 g/mol. The fourth-order valence-corrected chi connectivity index (χ4v) is 2.23. The largest absolute Gasteiger partial charge is 0.353 e. The van der Waals surface area contributed by atoms with Gasteiger partial charge in [0.15, 0.2) is 0 Å². The summed E-state index contributed by atoms with van der Waals surface area (Å²) < 4.78 is 13.4. The van der Waals surface area contributed by atoms with E-state index in [1.54, 1.807) is 19.1 Å². The van der Waals surface area contributed by atoms with Crippen LogP contribution in [0.15, 0.2) is 18.2 Å². The lowest BCUT2D eigenvalue weighted by Gasteiger charge is -2.11. The van der Waals surface area contributed by atoms with Gasteiger partial charge in [-0.15, -0.1) is 12.4 Å². The molecule has 1 heterocycles. The van der Waals surface area contributed by atoms with Crippen LogP contribution in [-0.4, -0.2) is 37.5 Å². The average molecular weight is 330 g/mol. The Kier molecular flexibility index (Phi) is 7.27. The SMILES string of the molecule is Cc1ccc(C(=O)NCCNC(=O)C2CCCN2)cc1F.Cl. The maximum absolute atomic E-state index is 13.4. The lowest BCUT2D eigenvalue weighted by molar-refractivity contribution is -0.122. The first-order chi connectivity index (χ1) is 10.1. The van der Waals surface area contributed by atoms with Gasteiger partial charge >= 0.3 is 0 Å². The summed E-state index contributed by atoms with van der Waals surface area (Å²) in [4.78, 5) is 23.5. The summed E-state index contributed by atoms with van der Waals surface area (Å²) in [6.45, 7) is 3.18. The van der Waals surface area contributed by atoms with E-state index in [1.807, 2.05) is 0 Å². The summed E-state index contributed by atoms with van der Waals surface area (Å²) in [7, 11) is 0. The lowest BCUT2D eigenvalue weighted by atomic mass is 10.1. The van der Waals surface area contributed by atoms with Crippen LogP contribution in [0, 0.1) is 12.7 Å². The summed E-state index contributed by atoms with van der Waals surface area (Å²) in [5.74, 6) is -0.784. The van der Waals surface area contributed by atoms with Crippen LogP contribution >= 0.6 is 12.4 Å². The van der Waals surface area contributed by atoms with Crippen LogP contribution in [0.5, 0.6) is 0 Å². The van der Waals surface area contributed by atoms with Crippen LogP contribution in [0.25, 0.3) is 0 Å². The van der Waals surface area contributed by atoms with Gasteiger partial charge in [0.1, 0.15) is 5.82 Å². The Hall–Kier alpha value is -1.66. The molecule has 22 heavy (non-hydrogen) atoms. The number of hydrogen-bond acceptors (Lipinski definition) is 3. The molecule has 1 saturated heterocycles. The standard InChI is InChI=1S/C15H20FN3O2.ClH/c1-10-4-5-11(9-12(10)16)14(20)18-7-8-19-15(21)13-3-2-6-17-13;/h4-5,9,13,17H,2-3,6-8H2,1H3,(H,18,20)(H,19,21);1H. The van der Waals surface area contributed by atoms with Crippen LogP contribution in [0.4, 0.5) is 4.39 Å². The van der Waals surface area contributed by atoms with Crippen LogP contribution in [-0.2, 0) is 4.79 Å². The smallest absolute Gasteiger partial charge is 0.251 e. The van der Waals surface area contributed by atoms with E-state index < -0.39 is 5.82 Å². The zero-order valence-corrected chi connectivity index (χ0v) is 13.3. The molecule has 2 rings (SSSR count). The van der Waals surface area contributed by atoms with Gasteiger partial charge in [0.25, 0.3) is 5.91 Å². The summed E-state index contributed by atoms with van der Waals surface area (Å²) in [6, 6.07) is 4.24. The monoisotopic (exact) mass is 329 g/mol. The van der Waals surface area contributed by atoms with E-state index in [0.29, 0.717) is 18.7 Å². The number of rotatable bonds is 5. The minimum atomic E-state index is -0.400. The number of nitrogens with one attached hydrogen (secondary N) is 3. The second-order valence-electron chi connectivity index (χ2n) is 5.16. The molecule has 1 aliphatic rings. The zero-order chi connectivity index (χ0) is 15.2. The normalized spacial score (nSPS) is 16.7. The van der Waals surface area contributed by atoms with Gasteiger partial charge in [0, 0.05) is 18.7 Å². The van der Waals surface area contributed by atoms with Crippen molar-refractivity contribution < 1.29 is 14.0 Å². The van der Waals surface area contributed by atoms with Crippen LogP contribution < -0.4 is 16.0 Å². The third kappa shape index (κ3) is 4.96. The first-order valence-corrected chi connectivity index (χ1v) is 7.13. The highest BCUT2D eigenvalue weighted by atomic mass is 35.5. The van der Waals surface area contributed by atoms with Gasteiger partial charge in [0.05, 0.1) is 6.04 Å². The van der Waals surface area contributed by atoms with E-state index >= 15 is 0 Å². The summed E-state index contributed by atoms with van der Waals surface area (Å²) in [5, 5.41) is 8.51. The lowest BCUT2D eigenvalue weighted by Crippen LogP contribution is -2.43. The molecule has 7 heteroatoms. The maximum atomic E-state index is 13.4. The van der Waals surface area contributed by atoms with E-state index in [1.165, 1.54) is 6.07 Å². The van der Waals surface area contributed by atoms with E-state index in [9.17, 15) is 14.0 Å². The van der Waals surface area contributed by atoms with Gasteiger partial charge in [-0.1, -0.05) is 6.07 Å². The molecule has 3 N–H and O–H groups in total. The molecule has 1 aromatic carbocycles. The Balaban J connectivity index is 0.00000242. The van der Waals surface area contributed by atoms with Gasteiger partial charge in [-0.25, -0.2) is 4.39 Å². The first-order valence-electron chi connectivity index (χ1n) is 7.13. The van der Waals surface area contributed by atoms with Crippen molar-refractivity contribution in [2.75, 3.05) is 19.6 Å². The number of hydrogen-bond donors (Lipinski definition) is 3. The van der Waals surface area contributed by atoms with E-state index in [4.69, 9.17) is 0 Å². The molecule has 0 saturated carbocycles. The Bertz CT molecular complexity index is 534. The molecule has 1 aliphatic heterocycles. The van der Waals surface area contributed by atoms with Crippen molar-refractivity contribution in [3.05, 3.63) is 35.1 Å². The van der Waals surface area contributed by atoms with Gasteiger partial charge < -0.3 is 16.0 Å². The van der Waals surface area contributed by atoms with Crippen LogP contribution in [0.3, 0.4) is 0 Å². The third-order valence-electron chi connectivity index (χ3n) is 3.52. The average Bonchev–Trinajstić information content (AvgIpc) is 3.00. The van der Waals surface area contributed by atoms with Crippen molar-refractivity contribution in [1.82, 2.24) is 16.0 Å². The van der Waals surface area contributed by atoms with Gasteiger partial charge in [-0.3, -0.25) is 9.59 Å². The zero-order valence-electron chi connectivity index (χ0n) is 12.4. The van der Waals surface area contributed by atoms with Crippen molar-refractivity contribution in [3.63, 3.8) is 0 Å². The maximum Gasteiger partial charge on any atom is 0.251 e. The number of carbonyl (C=O) groups is 2. The van der Waals surface area contributed by atoms with Gasteiger partial charge in [0.2, 0.25) is 5.91 Å². The molecule has 1 unspecified atom stereocenters. The second-order valence-corrected chi connectivity index (χ2v) is 5.16. The highest BCUT2D eigenvalue weighted by Crippen LogP contribution is 2.08. The quantitative estimate of drug-likeness (QED) is 0.710. The molecule has 122 valence electrons. The van der Waals surface area contributed by atoms with E-state index in [2.05, 4.69) is 16.0 Å². The molecule has 1 fully saturated rings. The predicted octanol–water partition coefficient (Wildman–Crippen LogP) is 1.15. The fraction of sp³-hybridized carbons (Fsp3) is 0.467. The minimum absolute atomic E-state index is 0. The Morgan fingerprint density at radius 3 is 2.68 bits per heavy atom. The summed E-state index contributed by atoms with van der Waals surface area (Å²) in [6.07, 6.45) is 1.86. The van der Waals surface area contributed by atoms with Crippen molar-refractivity contribution in [2.24, 2.45) is 0 Å². The van der Waals surface area contributed by atoms with Crippen LogP contribution in [0.2, 0.25) is 0 Å². The minimum Gasteiger partial charge on any atom is -0.353 e. The van der Waals surface area contributed by atoms with E-state index in [-0.39, 0.29) is 35.8 Å². The Morgan fingerprint density at radius 2 is 2.05 bits per heavy atom. The van der Waals surface area contributed by atoms with Crippen molar-refractivity contribution in [2.45, 2.75) is 25.8 Å². The first kappa shape index (κ1) is 18.4. The molecule has 1 aromatic rings. The molecular formula is C15H21ClFN3O2. The third-order valence-corrected chi connectivity index (χ3v) is 3.52. The summed E-state index contributed by atoms with van der Waals surface area (Å²) >= 11 is 0. The summed E-state index contributed by atoms with van der Waals surface area (Å²) in [5.41, 5.74) is 0.782. The molecule has 0 aliphatic carbocycles. The van der Waals surface area contributed by atoms with Crippen molar-refractivity contribution in [1.29, 1.82) is 0 Å². The molecule has 0 aromatic heterocycles. The predicted molar refractivity (Wildman–Crippen MR) is 84.8 cm³/mol. The topological polar surface area (TPSA) is 70.2 Å². The molecule has 0 bridgehead atoms. The van der Waals surface area contributed by atoms with Crippen LogP contribution in [0.1, 0.15) is 28.8 Å². The Morgan fingerprint density at radius 1 is 1.32 bits per heavy atom. The Labute approximate surface area is 135 Å². The number of benzene rings is 1. The van der Waals surface area contributed by atoms with Gasteiger partial charge in [-0.2, -0.15) is 0 Å². The molecule has 0 radical (unpaired) electrons. The molecule has 1 atom stereocenters. The fourth-order valence-electron chi connectivity index (χ4n) is 2.23. The number of halogens is 2. The number of amides is 2. The molecule has 0 spiro atoms. The highest BCUT2D eigenvalue weighted by Gasteiger charge is 2.21. The van der Waals surface area contributed by atoms with Crippen molar-refractivity contribution >= 4 is 24.2 Å². The molecule has 5 nitrogen and oxygen atoms in total. The van der Waals surface area contributed by atoms with E-state index in [0.717, 1.165) is 19.4 Å². The number of carbonyl (C=O) groups excluding carboxylic acids is 2. The van der Waals surface area contributed by atoms with Crippen molar-refractivity contribution in [3.8, 4) is 0 Å². The highest BCUT2D eigenvalue weighted by molar-refractivity contribution is 5.94. The number of aryl methyl sites for hydroxylation is 1. The molecule has 2 amide bonds. The second kappa shape index (κ2) is 8.70.